The quantitative estimate of drug-likeness (QED) is 0.633. The Morgan fingerprint density at radius 3 is 2.42 bits per heavy atom. The zero-order chi connectivity index (χ0) is 8.97. The standard InChI is InChI=1S/C9H17NO2/c1-2-9(11)7-3-5-8(10-12)6-4-7/h7-8,10,12H,2-6H2,1H3. The van der Waals surface area contributed by atoms with Gasteiger partial charge in [-0.2, -0.15) is 0 Å². The highest BCUT2D eigenvalue weighted by molar-refractivity contribution is 5.80. The minimum Gasteiger partial charge on any atom is -0.317 e. The molecule has 0 radical (unpaired) electrons. The molecule has 0 amide bonds. The lowest BCUT2D eigenvalue weighted by atomic mass is 9.83. The monoisotopic (exact) mass is 171 g/mol. The van der Waals surface area contributed by atoms with Crippen molar-refractivity contribution in [2.24, 2.45) is 5.92 Å². The van der Waals surface area contributed by atoms with Crippen LogP contribution in [0, 0.1) is 5.92 Å². The van der Waals surface area contributed by atoms with Gasteiger partial charge >= 0.3 is 0 Å². The molecule has 0 aromatic carbocycles. The van der Waals surface area contributed by atoms with E-state index in [9.17, 15) is 4.79 Å². The van der Waals surface area contributed by atoms with Crippen molar-refractivity contribution in [1.82, 2.24) is 5.48 Å². The first-order valence-corrected chi connectivity index (χ1v) is 4.70. The molecule has 0 saturated heterocycles. The van der Waals surface area contributed by atoms with Crippen molar-refractivity contribution in [1.29, 1.82) is 0 Å². The van der Waals surface area contributed by atoms with Crippen LogP contribution in [0.5, 0.6) is 0 Å². The van der Waals surface area contributed by atoms with E-state index < -0.39 is 0 Å². The summed E-state index contributed by atoms with van der Waals surface area (Å²) in [5.74, 6) is 0.644. The maximum absolute atomic E-state index is 11.3. The Balaban J connectivity index is 2.30. The topological polar surface area (TPSA) is 49.3 Å². The summed E-state index contributed by atoms with van der Waals surface area (Å²) in [6.07, 6.45) is 4.37. The van der Waals surface area contributed by atoms with Crippen molar-refractivity contribution in [2.45, 2.75) is 45.1 Å². The van der Waals surface area contributed by atoms with Crippen molar-refractivity contribution in [3.8, 4) is 0 Å². The van der Waals surface area contributed by atoms with E-state index in [-0.39, 0.29) is 12.0 Å². The fourth-order valence-electron chi connectivity index (χ4n) is 1.83. The molecule has 0 atom stereocenters. The second kappa shape index (κ2) is 4.58. The predicted molar refractivity (Wildman–Crippen MR) is 46.0 cm³/mol. The van der Waals surface area contributed by atoms with Gasteiger partial charge in [0.25, 0.3) is 0 Å². The normalized spacial score (nSPS) is 30.2. The lowest BCUT2D eigenvalue weighted by Crippen LogP contribution is -2.32. The van der Waals surface area contributed by atoms with Crippen LogP contribution in [0.1, 0.15) is 39.0 Å². The molecule has 1 rings (SSSR count). The molecule has 3 nitrogen and oxygen atoms in total. The van der Waals surface area contributed by atoms with Gasteiger partial charge in [-0.3, -0.25) is 4.79 Å². The molecule has 0 aromatic heterocycles. The summed E-state index contributed by atoms with van der Waals surface area (Å²) in [6.45, 7) is 1.92. The van der Waals surface area contributed by atoms with Gasteiger partial charge in [-0.05, 0) is 25.7 Å². The number of nitrogens with one attached hydrogen (secondary N) is 1. The number of hydrogen-bond acceptors (Lipinski definition) is 3. The van der Waals surface area contributed by atoms with Gasteiger partial charge in [-0.15, -0.1) is 0 Å². The van der Waals surface area contributed by atoms with E-state index in [2.05, 4.69) is 5.48 Å². The van der Waals surface area contributed by atoms with Gasteiger partial charge in [-0.1, -0.05) is 6.92 Å². The minimum absolute atomic E-state index is 0.214. The molecule has 0 unspecified atom stereocenters. The van der Waals surface area contributed by atoms with Crippen LogP contribution < -0.4 is 5.48 Å². The number of carbonyl (C=O) groups excluding carboxylic acids is 1. The summed E-state index contributed by atoms with van der Waals surface area (Å²) in [4.78, 5) is 11.3. The lowest BCUT2D eigenvalue weighted by molar-refractivity contribution is -0.123. The van der Waals surface area contributed by atoms with Gasteiger partial charge in [0.05, 0.1) is 0 Å². The van der Waals surface area contributed by atoms with Crippen LogP contribution in [0.2, 0.25) is 0 Å². The van der Waals surface area contributed by atoms with Crippen molar-refractivity contribution in [3.63, 3.8) is 0 Å². The number of Topliss-reactive ketones (excluding diaryl/α,β-unsaturated/α-hetero) is 1. The fraction of sp³-hybridized carbons (Fsp3) is 0.889. The van der Waals surface area contributed by atoms with E-state index in [1.165, 1.54) is 0 Å². The molecule has 1 aliphatic rings. The number of ketones is 1. The van der Waals surface area contributed by atoms with E-state index in [1.807, 2.05) is 6.92 Å². The summed E-state index contributed by atoms with van der Waals surface area (Å²) in [5, 5.41) is 8.64. The molecule has 0 aromatic rings. The number of hydrogen-bond donors (Lipinski definition) is 2. The van der Waals surface area contributed by atoms with Crippen LogP contribution in [0.15, 0.2) is 0 Å². The molecule has 0 aliphatic heterocycles. The highest BCUT2D eigenvalue weighted by Crippen LogP contribution is 2.25. The van der Waals surface area contributed by atoms with E-state index in [0.717, 1.165) is 25.7 Å². The Morgan fingerprint density at radius 1 is 1.42 bits per heavy atom. The van der Waals surface area contributed by atoms with Crippen molar-refractivity contribution >= 4 is 5.78 Å². The molecular weight excluding hydrogens is 154 g/mol. The Kier molecular flexibility index (Phi) is 3.69. The Morgan fingerprint density at radius 2 is 2.00 bits per heavy atom. The molecule has 1 saturated carbocycles. The third kappa shape index (κ3) is 2.29. The van der Waals surface area contributed by atoms with Gasteiger partial charge in [0.15, 0.2) is 0 Å². The maximum atomic E-state index is 11.3. The molecule has 0 heterocycles. The fourth-order valence-corrected chi connectivity index (χ4v) is 1.83. The molecule has 1 aliphatic carbocycles. The van der Waals surface area contributed by atoms with E-state index in [4.69, 9.17) is 5.21 Å². The second-order valence-corrected chi connectivity index (χ2v) is 3.50. The van der Waals surface area contributed by atoms with Crippen LogP contribution in [-0.2, 0) is 4.79 Å². The molecule has 3 heteroatoms. The van der Waals surface area contributed by atoms with E-state index in [0.29, 0.717) is 12.2 Å². The molecule has 0 bridgehead atoms. The number of rotatable bonds is 3. The first kappa shape index (κ1) is 9.68. The number of hydroxylamine groups is 1. The number of carbonyl (C=O) groups is 1. The van der Waals surface area contributed by atoms with E-state index in [1.54, 1.807) is 0 Å². The zero-order valence-corrected chi connectivity index (χ0v) is 7.55. The summed E-state index contributed by atoms with van der Waals surface area (Å²) < 4.78 is 0. The molecule has 2 N–H and O–H groups in total. The average molecular weight is 171 g/mol. The summed E-state index contributed by atoms with van der Waals surface area (Å²) in [5.41, 5.74) is 2.27. The molecule has 70 valence electrons. The largest absolute Gasteiger partial charge is 0.317 e. The average Bonchev–Trinajstić information content (AvgIpc) is 2.17. The SMILES string of the molecule is CCC(=O)C1CCC(NO)CC1. The van der Waals surface area contributed by atoms with Gasteiger partial charge in [0, 0.05) is 18.4 Å². The maximum Gasteiger partial charge on any atom is 0.135 e. The summed E-state index contributed by atoms with van der Waals surface area (Å²) >= 11 is 0. The highest BCUT2D eigenvalue weighted by atomic mass is 16.5. The predicted octanol–water partition coefficient (Wildman–Crippen LogP) is 1.50. The van der Waals surface area contributed by atoms with Gasteiger partial charge in [-0.25, -0.2) is 5.48 Å². The third-order valence-corrected chi connectivity index (χ3v) is 2.71. The first-order valence-electron chi connectivity index (χ1n) is 4.70. The van der Waals surface area contributed by atoms with Crippen LogP contribution in [0.25, 0.3) is 0 Å². The van der Waals surface area contributed by atoms with Gasteiger partial charge in [0.2, 0.25) is 0 Å². The molecule has 1 fully saturated rings. The first-order chi connectivity index (χ1) is 5.77. The van der Waals surface area contributed by atoms with Crippen LogP contribution in [0.3, 0.4) is 0 Å². The van der Waals surface area contributed by atoms with Crippen LogP contribution >= 0.6 is 0 Å². The van der Waals surface area contributed by atoms with Crippen LogP contribution in [0.4, 0.5) is 0 Å². The molecular formula is C9H17NO2. The zero-order valence-electron chi connectivity index (χ0n) is 7.55. The van der Waals surface area contributed by atoms with Crippen LogP contribution in [-0.4, -0.2) is 17.0 Å². The Bertz CT molecular complexity index is 151. The third-order valence-electron chi connectivity index (χ3n) is 2.71. The molecule has 12 heavy (non-hydrogen) atoms. The van der Waals surface area contributed by atoms with Gasteiger partial charge < -0.3 is 5.21 Å². The second-order valence-electron chi connectivity index (χ2n) is 3.50. The van der Waals surface area contributed by atoms with Gasteiger partial charge in [0.1, 0.15) is 5.78 Å². The van der Waals surface area contributed by atoms with Crippen molar-refractivity contribution < 1.29 is 10.0 Å². The van der Waals surface area contributed by atoms with Crippen molar-refractivity contribution in [3.05, 3.63) is 0 Å². The minimum atomic E-state index is 0.214. The highest BCUT2D eigenvalue weighted by Gasteiger charge is 2.24. The van der Waals surface area contributed by atoms with Crippen molar-refractivity contribution in [2.75, 3.05) is 0 Å². The Labute approximate surface area is 73.1 Å². The summed E-state index contributed by atoms with van der Waals surface area (Å²) in [6, 6.07) is 0.214. The summed E-state index contributed by atoms with van der Waals surface area (Å²) in [7, 11) is 0. The molecule has 0 spiro atoms. The smallest absolute Gasteiger partial charge is 0.135 e. The Hall–Kier alpha value is -0.410. The lowest BCUT2D eigenvalue weighted by Gasteiger charge is -2.26. The van der Waals surface area contributed by atoms with E-state index >= 15 is 0 Å².